The second kappa shape index (κ2) is 4.98. The van der Waals surface area contributed by atoms with Crippen molar-refractivity contribution in [2.24, 2.45) is 5.92 Å². The van der Waals surface area contributed by atoms with Gasteiger partial charge in [-0.2, -0.15) is 0 Å². The molecule has 2 aliphatic heterocycles. The van der Waals surface area contributed by atoms with Crippen molar-refractivity contribution in [1.29, 1.82) is 0 Å². The highest BCUT2D eigenvalue weighted by Crippen LogP contribution is 2.20. The van der Waals surface area contributed by atoms with Gasteiger partial charge in [0.15, 0.2) is 0 Å². The zero-order valence-electron chi connectivity index (χ0n) is 11.5. The average molecular weight is 245 g/mol. The fourth-order valence-corrected chi connectivity index (χ4v) is 3.09. The summed E-state index contributed by atoms with van der Waals surface area (Å²) in [5.74, 6) is 0.858. The number of rotatable bonds is 2. The molecule has 0 bridgehead atoms. The maximum atomic E-state index is 4.87. The molecule has 0 aromatic carbocycles. The number of pyridine rings is 1. The molecule has 0 aliphatic carbocycles. The second-order valence-corrected chi connectivity index (χ2v) is 6.03. The molecular weight excluding hydrogens is 222 g/mol. The first-order valence-electron chi connectivity index (χ1n) is 7.09. The monoisotopic (exact) mass is 245 g/mol. The number of fused-ring (bicyclic) bond motifs is 1. The Balaban J connectivity index is 1.70. The summed E-state index contributed by atoms with van der Waals surface area (Å²) in [6, 6.07) is 4.51. The molecule has 0 radical (unpaired) electrons. The highest BCUT2D eigenvalue weighted by Gasteiger charge is 2.20. The summed E-state index contributed by atoms with van der Waals surface area (Å²) >= 11 is 0. The molecule has 3 heterocycles. The summed E-state index contributed by atoms with van der Waals surface area (Å²) in [6.45, 7) is 8.06. The summed E-state index contributed by atoms with van der Waals surface area (Å²) in [5, 5.41) is 0. The minimum Gasteiger partial charge on any atom is -0.302 e. The lowest BCUT2D eigenvalue weighted by Gasteiger charge is -2.25. The third-order valence-electron chi connectivity index (χ3n) is 4.19. The quantitative estimate of drug-likeness (QED) is 0.793. The number of likely N-dealkylation sites (tertiary alicyclic amines) is 1. The van der Waals surface area contributed by atoms with E-state index in [0.29, 0.717) is 0 Å². The van der Waals surface area contributed by atoms with E-state index in [9.17, 15) is 0 Å². The molecule has 1 aromatic heterocycles. The SMILES string of the molecule is CC1CCN(Cc2ccc3c(n2)CCN(C)C3)C1. The van der Waals surface area contributed by atoms with E-state index in [1.54, 1.807) is 0 Å². The zero-order valence-corrected chi connectivity index (χ0v) is 11.5. The van der Waals surface area contributed by atoms with Crippen LogP contribution in [0.1, 0.15) is 30.3 Å². The van der Waals surface area contributed by atoms with E-state index in [-0.39, 0.29) is 0 Å². The molecule has 1 fully saturated rings. The maximum absolute atomic E-state index is 4.87. The number of aromatic nitrogens is 1. The highest BCUT2D eigenvalue weighted by atomic mass is 15.2. The van der Waals surface area contributed by atoms with Gasteiger partial charge in [0, 0.05) is 38.3 Å². The molecule has 0 N–H and O–H groups in total. The Kier molecular flexibility index (Phi) is 3.35. The predicted molar refractivity (Wildman–Crippen MR) is 73.3 cm³/mol. The minimum absolute atomic E-state index is 0.858. The van der Waals surface area contributed by atoms with Crippen molar-refractivity contribution in [3.63, 3.8) is 0 Å². The van der Waals surface area contributed by atoms with Crippen molar-refractivity contribution in [1.82, 2.24) is 14.8 Å². The smallest absolute Gasteiger partial charge is 0.0547 e. The van der Waals surface area contributed by atoms with Gasteiger partial charge < -0.3 is 4.90 Å². The third-order valence-corrected chi connectivity index (χ3v) is 4.19. The molecule has 0 spiro atoms. The third kappa shape index (κ3) is 2.57. The largest absolute Gasteiger partial charge is 0.302 e. The molecule has 3 heteroatoms. The normalized spacial score (nSPS) is 25.3. The van der Waals surface area contributed by atoms with Crippen LogP contribution in [0.25, 0.3) is 0 Å². The lowest BCUT2D eigenvalue weighted by Crippen LogP contribution is -2.28. The number of hydrogen-bond donors (Lipinski definition) is 0. The number of nitrogens with zero attached hydrogens (tertiary/aromatic N) is 3. The van der Waals surface area contributed by atoms with Crippen molar-refractivity contribution in [3.8, 4) is 0 Å². The number of likely N-dealkylation sites (N-methyl/N-ethyl adjacent to an activating group) is 1. The highest BCUT2D eigenvalue weighted by molar-refractivity contribution is 5.25. The molecule has 18 heavy (non-hydrogen) atoms. The Morgan fingerprint density at radius 3 is 3.00 bits per heavy atom. The molecule has 0 amide bonds. The van der Waals surface area contributed by atoms with Crippen LogP contribution in [0.4, 0.5) is 0 Å². The summed E-state index contributed by atoms with van der Waals surface area (Å²) in [5.41, 5.74) is 4.01. The van der Waals surface area contributed by atoms with Gasteiger partial charge in [-0.25, -0.2) is 0 Å². The molecule has 1 saturated heterocycles. The summed E-state index contributed by atoms with van der Waals surface area (Å²) < 4.78 is 0. The topological polar surface area (TPSA) is 19.4 Å². The van der Waals surface area contributed by atoms with E-state index in [0.717, 1.165) is 32.0 Å². The van der Waals surface area contributed by atoms with Gasteiger partial charge in [-0.15, -0.1) is 0 Å². The van der Waals surface area contributed by atoms with E-state index >= 15 is 0 Å². The van der Waals surface area contributed by atoms with Crippen LogP contribution in [0.15, 0.2) is 12.1 Å². The standard InChI is InChI=1S/C15H23N3/c1-12-5-8-18(9-12)11-14-4-3-13-10-17(2)7-6-15(13)16-14/h3-4,12H,5-11H2,1-2H3. The van der Waals surface area contributed by atoms with Crippen molar-refractivity contribution in [2.75, 3.05) is 26.7 Å². The fourth-order valence-electron chi connectivity index (χ4n) is 3.09. The predicted octanol–water partition coefficient (Wildman–Crippen LogP) is 1.91. The van der Waals surface area contributed by atoms with Gasteiger partial charge in [-0.1, -0.05) is 13.0 Å². The van der Waals surface area contributed by atoms with Crippen molar-refractivity contribution < 1.29 is 0 Å². The van der Waals surface area contributed by atoms with Crippen molar-refractivity contribution >= 4 is 0 Å². The van der Waals surface area contributed by atoms with Crippen LogP contribution >= 0.6 is 0 Å². The summed E-state index contributed by atoms with van der Waals surface area (Å²) in [7, 11) is 2.18. The molecule has 98 valence electrons. The molecule has 0 saturated carbocycles. The van der Waals surface area contributed by atoms with Crippen LogP contribution in [0.2, 0.25) is 0 Å². The van der Waals surface area contributed by atoms with Crippen LogP contribution in [0.3, 0.4) is 0 Å². The molecular formula is C15H23N3. The first-order chi connectivity index (χ1) is 8.70. The minimum atomic E-state index is 0.858. The molecule has 2 aliphatic rings. The first-order valence-corrected chi connectivity index (χ1v) is 7.09. The van der Waals surface area contributed by atoms with Gasteiger partial charge in [0.25, 0.3) is 0 Å². The van der Waals surface area contributed by atoms with Gasteiger partial charge >= 0.3 is 0 Å². The Hall–Kier alpha value is -0.930. The number of hydrogen-bond acceptors (Lipinski definition) is 3. The van der Waals surface area contributed by atoms with Crippen LogP contribution in [-0.4, -0.2) is 41.5 Å². The lowest BCUT2D eigenvalue weighted by molar-refractivity contribution is 0.303. The summed E-state index contributed by atoms with van der Waals surface area (Å²) in [4.78, 5) is 9.77. The fraction of sp³-hybridized carbons (Fsp3) is 0.667. The lowest BCUT2D eigenvalue weighted by atomic mass is 10.1. The van der Waals surface area contributed by atoms with Gasteiger partial charge in [-0.3, -0.25) is 9.88 Å². The Labute approximate surface area is 110 Å². The van der Waals surface area contributed by atoms with Gasteiger partial charge in [-0.05, 0) is 37.6 Å². The summed E-state index contributed by atoms with van der Waals surface area (Å²) in [6.07, 6.45) is 2.45. The van der Waals surface area contributed by atoms with E-state index in [1.165, 1.54) is 36.5 Å². The van der Waals surface area contributed by atoms with Crippen LogP contribution in [-0.2, 0) is 19.5 Å². The molecule has 1 aromatic rings. The van der Waals surface area contributed by atoms with E-state index in [2.05, 4.69) is 35.9 Å². The van der Waals surface area contributed by atoms with E-state index in [4.69, 9.17) is 4.98 Å². The van der Waals surface area contributed by atoms with E-state index in [1.807, 2.05) is 0 Å². The molecule has 1 atom stereocenters. The van der Waals surface area contributed by atoms with Gasteiger partial charge in [0.1, 0.15) is 0 Å². The van der Waals surface area contributed by atoms with Crippen LogP contribution in [0.5, 0.6) is 0 Å². The zero-order chi connectivity index (χ0) is 12.5. The Bertz CT molecular complexity index is 430. The Morgan fingerprint density at radius 2 is 2.22 bits per heavy atom. The Morgan fingerprint density at radius 1 is 1.33 bits per heavy atom. The molecule has 1 unspecified atom stereocenters. The van der Waals surface area contributed by atoms with Crippen LogP contribution in [0, 0.1) is 5.92 Å². The van der Waals surface area contributed by atoms with Crippen molar-refractivity contribution in [2.45, 2.75) is 32.9 Å². The molecule has 3 nitrogen and oxygen atoms in total. The van der Waals surface area contributed by atoms with Crippen molar-refractivity contribution in [3.05, 3.63) is 29.1 Å². The van der Waals surface area contributed by atoms with Gasteiger partial charge in [0.2, 0.25) is 0 Å². The van der Waals surface area contributed by atoms with Crippen LogP contribution < -0.4 is 0 Å². The van der Waals surface area contributed by atoms with E-state index < -0.39 is 0 Å². The first kappa shape index (κ1) is 12.1. The molecule has 3 rings (SSSR count). The second-order valence-electron chi connectivity index (χ2n) is 6.03. The van der Waals surface area contributed by atoms with Gasteiger partial charge in [0.05, 0.1) is 5.69 Å². The average Bonchev–Trinajstić information content (AvgIpc) is 2.75. The maximum Gasteiger partial charge on any atom is 0.0547 e.